The van der Waals surface area contributed by atoms with Crippen LogP contribution in [0.25, 0.3) is 5.47 Å². The Morgan fingerprint density at radius 1 is 0.707 bits per heavy atom. The van der Waals surface area contributed by atoms with E-state index in [1.807, 2.05) is 14.1 Å². The summed E-state index contributed by atoms with van der Waals surface area (Å²) in [4.78, 5) is 35.2. The molecule has 0 heterocycles. The van der Waals surface area contributed by atoms with Gasteiger partial charge in [-0.2, -0.15) is 0 Å². The number of hydrogen-bond acceptors (Lipinski definition) is 7. The van der Waals surface area contributed by atoms with E-state index in [9.17, 15) is 30.3 Å². The minimum absolute atomic E-state index is 0.0113. The highest BCUT2D eigenvalue weighted by molar-refractivity contribution is 6.99. The summed E-state index contributed by atoms with van der Waals surface area (Å²) < 4.78 is 0. The van der Waals surface area contributed by atoms with Crippen molar-refractivity contribution < 1.29 is 14.8 Å². The van der Waals surface area contributed by atoms with Crippen LogP contribution in [0.5, 0.6) is 0 Å². The molecule has 1 fully saturated rings. The lowest BCUT2D eigenvalue weighted by molar-refractivity contribution is -0.385. The van der Waals surface area contributed by atoms with Gasteiger partial charge in [0.05, 0.1) is 14.8 Å². The van der Waals surface area contributed by atoms with Crippen molar-refractivity contribution in [1.82, 2.24) is 4.90 Å². The second-order valence-electron chi connectivity index (χ2n) is 10.8. The van der Waals surface area contributed by atoms with Gasteiger partial charge in [0.25, 0.3) is 17.1 Å². The minimum Gasteiger partial charge on any atom is -0.309 e. The zero-order valence-corrected chi connectivity index (χ0v) is 23.3. The highest BCUT2D eigenvalue weighted by Crippen LogP contribution is 2.38. The zero-order valence-electron chi connectivity index (χ0n) is 23.3. The van der Waals surface area contributed by atoms with Crippen LogP contribution in [0.15, 0.2) is 78.4 Å². The maximum Gasteiger partial charge on any atom is 0.269 e. The lowest BCUT2D eigenvalue weighted by atomic mass is 9.34. The van der Waals surface area contributed by atoms with Gasteiger partial charge < -0.3 is 4.90 Å². The Bertz CT molecular complexity index is 1360. The van der Waals surface area contributed by atoms with E-state index >= 15 is 0 Å². The van der Waals surface area contributed by atoms with Crippen LogP contribution in [-0.4, -0.2) is 47.0 Å². The van der Waals surface area contributed by atoms with E-state index in [0.29, 0.717) is 5.92 Å². The first-order valence-corrected chi connectivity index (χ1v) is 13.8. The highest BCUT2D eigenvalue weighted by Gasteiger charge is 2.32. The summed E-state index contributed by atoms with van der Waals surface area (Å²) in [5.41, 5.74) is 4.62. The molecule has 0 amide bonds. The van der Waals surface area contributed by atoms with E-state index in [1.165, 1.54) is 48.4 Å². The molecule has 0 atom stereocenters. The third-order valence-corrected chi connectivity index (χ3v) is 7.82. The van der Waals surface area contributed by atoms with Crippen molar-refractivity contribution in [3.63, 3.8) is 0 Å². The van der Waals surface area contributed by atoms with Gasteiger partial charge in [0.1, 0.15) is 0 Å². The molecule has 212 valence electrons. The molecule has 0 N–H and O–H groups in total. The van der Waals surface area contributed by atoms with Gasteiger partial charge in [-0.05, 0) is 57.0 Å². The SMILES string of the molecule is CN(C)CC/C(=C(\B(c1ccc([N+](=O)[O-])cc1)c1ccc([N+](=O)[O-])cc1)c1ccc([N+](=O)[O-])cc1)C1CCCCC1. The molecule has 3 aromatic carbocycles. The Labute approximate surface area is 239 Å². The standard InChI is InChI=1S/C30H33BN4O6/c1-32(2)21-20-29(22-6-4-3-5-7-22)30(23-8-14-26(15-9-23)33(36)37)31(24-10-16-27(17-11-24)34(38)39)25-12-18-28(19-13-25)35(40)41/h8-19,22H,3-7,20-21H2,1-2H3/b30-29+. The summed E-state index contributed by atoms with van der Waals surface area (Å²) in [6.45, 7) is 0.396. The zero-order chi connectivity index (χ0) is 29.5. The maximum absolute atomic E-state index is 11.5. The predicted octanol–water partition coefficient (Wildman–Crippen LogP) is 5.55. The number of non-ortho nitro benzene ring substituents is 3. The van der Waals surface area contributed by atoms with Gasteiger partial charge in [-0.25, -0.2) is 0 Å². The molecule has 0 spiro atoms. The Kier molecular flexibility index (Phi) is 9.62. The summed E-state index contributed by atoms with van der Waals surface area (Å²) in [7, 11) is 4.04. The quantitative estimate of drug-likeness (QED) is 0.172. The molecule has 0 aliphatic heterocycles. The summed E-state index contributed by atoms with van der Waals surface area (Å²) in [5, 5.41) is 34.3. The van der Waals surface area contributed by atoms with Crippen molar-refractivity contribution in [2.75, 3.05) is 20.6 Å². The molecular formula is C30H33BN4O6. The van der Waals surface area contributed by atoms with Gasteiger partial charge in [-0.1, -0.05) is 65.5 Å². The van der Waals surface area contributed by atoms with Crippen molar-refractivity contribution in [3.05, 3.63) is 114 Å². The average molecular weight is 556 g/mol. The topological polar surface area (TPSA) is 133 Å². The van der Waals surface area contributed by atoms with Crippen molar-refractivity contribution >= 4 is 40.2 Å². The minimum atomic E-state index is -0.442. The Morgan fingerprint density at radius 2 is 1.12 bits per heavy atom. The molecule has 41 heavy (non-hydrogen) atoms. The number of nitrogens with zero attached hydrogens (tertiary/aromatic N) is 4. The van der Waals surface area contributed by atoms with Gasteiger partial charge in [0.15, 0.2) is 0 Å². The van der Waals surface area contributed by atoms with Crippen LogP contribution in [0.1, 0.15) is 44.1 Å². The van der Waals surface area contributed by atoms with E-state index in [0.717, 1.165) is 60.6 Å². The first-order valence-electron chi connectivity index (χ1n) is 13.8. The second-order valence-corrected chi connectivity index (χ2v) is 10.8. The molecule has 11 heteroatoms. The maximum atomic E-state index is 11.5. The van der Waals surface area contributed by atoms with E-state index in [1.54, 1.807) is 36.4 Å². The smallest absolute Gasteiger partial charge is 0.269 e. The molecule has 0 saturated heterocycles. The molecule has 10 nitrogen and oxygen atoms in total. The van der Waals surface area contributed by atoms with Crippen LogP contribution in [0.4, 0.5) is 17.1 Å². The fourth-order valence-electron chi connectivity index (χ4n) is 5.76. The monoisotopic (exact) mass is 556 g/mol. The van der Waals surface area contributed by atoms with Gasteiger partial charge >= 0.3 is 0 Å². The van der Waals surface area contributed by atoms with Crippen LogP contribution in [-0.2, 0) is 0 Å². The van der Waals surface area contributed by atoms with Crippen molar-refractivity contribution in [3.8, 4) is 0 Å². The predicted molar refractivity (Wildman–Crippen MR) is 161 cm³/mol. The first-order chi connectivity index (χ1) is 19.7. The van der Waals surface area contributed by atoms with Gasteiger partial charge in [-0.15, -0.1) is 0 Å². The molecule has 1 aliphatic carbocycles. The lowest BCUT2D eigenvalue weighted by Crippen LogP contribution is -2.44. The van der Waals surface area contributed by atoms with Crippen molar-refractivity contribution in [1.29, 1.82) is 0 Å². The third kappa shape index (κ3) is 7.23. The second kappa shape index (κ2) is 13.3. The van der Waals surface area contributed by atoms with E-state index < -0.39 is 21.5 Å². The molecule has 0 bridgehead atoms. The molecule has 1 saturated carbocycles. The summed E-state index contributed by atoms with van der Waals surface area (Å²) in [6, 6.07) is 19.4. The Balaban J connectivity index is 2.01. The Hall–Kier alpha value is -4.38. The van der Waals surface area contributed by atoms with E-state index in [-0.39, 0.29) is 17.1 Å². The van der Waals surface area contributed by atoms with Gasteiger partial charge in [-0.3, -0.25) is 30.3 Å². The molecule has 4 rings (SSSR count). The molecule has 0 aromatic heterocycles. The summed E-state index contributed by atoms with van der Waals surface area (Å²) in [6.07, 6.45) is 6.25. The summed E-state index contributed by atoms with van der Waals surface area (Å²) >= 11 is 0. The van der Waals surface area contributed by atoms with Crippen molar-refractivity contribution in [2.45, 2.75) is 38.5 Å². The normalized spacial score (nSPS) is 14.4. The van der Waals surface area contributed by atoms with Crippen LogP contribution in [0.2, 0.25) is 0 Å². The summed E-state index contributed by atoms with van der Waals surface area (Å²) in [5.74, 6) is 0.312. The van der Waals surface area contributed by atoms with Crippen molar-refractivity contribution in [2.24, 2.45) is 5.92 Å². The molecule has 0 unspecified atom stereocenters. The number of rotatable bonds is 11. The van der Waals surface area contributed by atoms with Gasteiger partial charge in [0, 0.05) is 42.9 Å². The lowest BCUT2D eigenvalue weighted by Gasteiger charge is -2.31. The van der Waals surface area contributed by atoms with E-state index in [2.05, 4.69) is 4.90 Å². The first kappa shape index (κ1) is 29.6. The molecule has 3 aromatic rings. The number of nitro benzene ring substituents is 3. The largest absolute Gasteiger partial charge is 0.309 e. The number of benzene rings is 3. The number of nitro groups is 3. The van der Waals surface area contributed by atoms with Crippen LogP contribution in [0.3, 0.4) is 0 Å². The Morgan fingerprint density at radius 3 is 1.51 bits per heavy atom. The van der Waals surface area contributed by atoms with E-state index in [4.69, 9.17) is 0 Å². The fourth-order valence-corrected chi connectivity index (χ4v) is 5.76. The average Bonchev–Trinajstić information content (AvgIpc) is 2.97. The van der Waals surface area contributed by atoms with Crippen LogP contribution in [0, 0.1) is 36.3 Å². The molecular weight excluding hydrogens is 523 g/mol. The molecule has 0 radical (unpaired) electrons. The molecule has 1 aliphatic rings. The third-order valence-electron chi connectivity index (χ3n) is 7.82. The van der Waals surface area contributed by atoms with Gasteiger partial charge in [0.2, 0.25) is 6.71 Å². The fraction of sp³-hybridized carbons (Fsp3) is 0.333. The highest BCUT2D eigenvalue weighted by atomic mass is 16.6. The number of hydrogen-bond donors (Lipinski definition) is 0. The van der Waals surface area contributed by atoms with Crippen LogP contribution < -0.4 is 10.9 Å². The van der Waals surface area contributed by atoms with Crippen LogP contribution >= 0.6 is 0 Å².